The van der Waals surface area contributed by atoms with E-state index in [0.29, 0.717) is 18.9 Å². The van der Waals surface area contributed by atoms with Gasteiger partial charge in [-0.15, -0.1) is 0 Å². The molecule has 3 rings (SSSR count). The molecule has 2 aliphatic rings. The molecule has 0 amide bonds. The maximum atomic E-state index is 11.9. The van der Waals surface area contributed by atoms with Crippen molar-refractivity contribution in [3.05, 3.63) is 35.4 Å². The molecule has 0 saturated heterocycles. The predicted octanol–water partition coefficient (Wildman–Crippen LogP) is 2.77. The van der Waals surface area contributed by atoms with Crippen molar-refractivity contribution >= 4 is 5.97 Å². The lowest BCUT2D eigenvalue weighted by Crippen LogP contribution is -2.43. The Hall–Kier alpha value is -1.35. The molecule has 1 saturated carbocycles. The van der Waals surface area contributed by atoms with E-state index in [0.717, 1.165) is 25.0 Å². The van der Waals surface area contributed by atoms with E-state index in [1.54, 1.807) is 0 Å². The van der Waals surface area contributed by atoms with Gasteiger partial charge in [-0.3, -0.25) is 4.79 Å². The lowest BCUT2D eigenvalue weighted by atomic mass is 9.70. The largest absolute Gasteiger partial charge is 0.481 e. The second-order valence-corrected chi connectivity index (χ2v) is 5.86. The zero-order valence-electron chi connectivity index (χ0n) is 11.1. The lowest BCUT2D eigenvalue weighted by molar-refractivity contribution is -0.147. The quantitative estimate of drug-likeness (QED) is 0.885. The zero-order valence-corrected chi connectivity index (χ0v) is 11.1. The molecule has 0 radical (unpaired) electrons. The number of ether oxygens (including phenoxy) is 1. The molecule has 1 fully saturated rings. The molecule has 1 atom stereocenters. The van der Waals surface area contributed by atoms with Gasteiger partial charge >= 0.3 is 5.97 Å². The third kappa shape index (κ3) is 2.39. The standard InChI is InChI=1S/C16H20O3/c17-15(18)16(11-19-10-12-7-8-12)9-3-5-13-4-1-2-6-14(13)16/h1-2,4,6,12H,3,5,7-11H2,(H,17,18). The maximum Gasteiger partial charge on any atom is 0.316 e. The van der Waals surface area contributed by atoms with Gasteiger partial charge in [0, 0.05) is 6.61 Å². The van der Waals surface area contributed by atoms with Crippen LogP contribution in [0.3, 0.4) is 0 Å². The van der Waals surface area contributed by atoms with Crippen LogP contribution in [-0.4, -0.2) is 24.3 Å². The summed E-state index contributed by atoms with van der Waals surface area (Å²) in [6.07, 6.45) is 5.06. The molecular weight excluding hydrogens is 240 g/mol. The average molecular weight is 260 g/mol. The Morgan fingerprint density at radius 3 is 2.89 bits per heavy atom. The summed E-state index contributed by atoms with van der Waals surface area (Å²) < 4.78 is 5.74. The summed E-state index contributed by atoms with van der Waals surface area (Å²) in [6.45, 7) is 1.03. The number of aliphatic carboxylic acids is 1. The van der Waals surface area contributed by atoms with Crippen molar-refractivity contribution in [2.75, 3.05) is 13.2 Å². The molecule has 0 bridgehead atoms. The summed E-state index contributed by atoms with van der Waals surface area (Å²) in [6, 6.07) is 7.93. The highest BCUT2D eigenvalue weighted by atomic mass is 16.5. The fraction of sp³-hybridized carbons (Fsp3) is 0.562. The second kappa shape index (κ2) is 4.97. The lowest BCUT2D eigenvalue weighted by Gasteiger charge is -2.35. The SMILES string of the molecule is O=C(O)C1(COCC2CC2)CCCc2ccccc21. The van der Waals surface area contributed by atoms with Gasteiger partial charge < -0.3 is 9.84 Å². The highest BCUT2D eigenvalue weighted by Crippen LogP contribution is 2.38. The summed E-state index contributed by atoms with van der Waals surface area (Å²) in [5.41, 5.74) is 1.31. The molecule has 102 valence electrons. The van der Waals surface area contributed by atoms with Crippen molar-refractivity contribution in [3.8, 4) is 0 Å². The molecule has 0 aromatic heterocycles. The van der Waals surface area contributed by atoms with Crippen LogP contribution in [-0.2, 0) is 21.4 Å². The van der Waals surface area contributed by atoms with Gasteiger partial charge in [0.1, 0.15) is 5.41 Å². The summed E-state index contributed by atoms with van der Waals surface area (Å²) in [5.74, 6) is -0.0693. The maximum absolute atomic E-state index is 11.9. The Bertz CT molecular complexity index is 479. The van der Waals surface area contributed by atoms with Crippen LogP contribution >= 0.6 is 0 Å². The highest BCUT2D eigenvalue weighted by molar-refractivity contribution is 5.82. The molecule has 1 aromatic carbocycles. The van der Waals surface area contributed by atoms with Crippen LogP contribution in [0.1, 0.15) is 36.8 Å². The van der Waals surface area contributed by atoms with Crippen molar-refractivity contribution < 1.29 is 14.6 Å². The third-order valence-corrected chi connectivity index (χ3v) is 4.39. The van der Waals surface area contributed by atoms with Crippen LogP contribution in [0.25, 0.3) is 0 Å². The van der Waals surface area contributed by atoms with Gasteiger partial charge in [-0.25, -0.2) is 0 Å². The van der Waals surface area contributed by atoms with Gasteiger partial charge in [-0.1, -0.05) is 24.3 Å². The number of carboxylic acids is 1. The van der Waals surface area contributed by atoms with Gasteiger partial charge in [0.25, 0.3) is 0 Å². The number of rotatable bonds is 5. The first-order valence-corrected chi connectivity index (χ1v) is 7.12. The van der Waals surface area contributed by atoms with Gasteiger partial charge in [0.05, 0.1) is 6.61 Å². The van der Waals surface area contributed by atoms with Crippen LogP contribution in [0.5, 0.6) is 0 Å². The number of hydrogen-bond acceptors (Lipinski definition) is 2. The van der Waals surface area contributed by atoms with Crippen molar-refractivity contribution in [1.82, 2.24) is 0 Å². The van der Waals surface area contributed by atoms with E-state index < -0.39 is 11.4 Å². The minimum Gasteiger partial charge on any atom is -0.481 e. The van der Waals surface area contributed by atoms with E-state index in [2.05, 4.69) is 0 Å². The molecule has 0 spiro atoms. The second-order valence-electron chi connectivity index (χ2n) is 5.86. The van der Waals surface area contributed by atoms with Gasteiger partial charge in [0.2, 0.25) is 0 Å². The topological polar surface area (TPSA) is 46.5 Å². The first kappa shape index (κ1) is 12.7. The summed E-state index contributed by atoms with van der Waals surface area (Å²) in [5, 5.41) is 9.74. The molecule has 1 N–H and O–H groups in total. The van der Waals surface area contributed by atoms with E-state index in [9.17, 15) is 9.90 Å². The van der Waals surface area contributed by atoms with Crippen molar-refractivity contribution in [3.63, 3.8) is 0 Å². The average Bonchev–Trinajstić information content (AvgIpc) is 3.23. The molecule has 3 nitrogen and oxygen atoms in total. The predicted molar refractivity (Wildman–Crippen MR) is 72.2 cm³/mol. The fourth-order valence-electron chi connectivity index (χ4n) is 3.04. The Morgan fingerprint density at radius 1 is 1.37 bits per heavy atom. The molecule has 0 heterocycles. The summed E-state index contributed by atoms with van der Waals surface area (Å²) >= 11 is 0. The Labute approximate surface area is 113 Å². The molecule has 3 heteroatoms. The fourth-order valence-corrected chi connectivity index (χ4v) is 3.04. The number of carbonyl (C=O) groups is 1. The van der Waals surface area contributed by atoms with Gasteiger partial charge in [0.15, 0.2) is 0 Å². The van der Waals surface area contributed by atoms with E-state index in [4.69, 9.17) is 4.74 Å². The number of aryl methyl sites for hydroxylation is 1. The minimum atomic E-state index is -0.830. The normalized spacial score (nSPS) is 25.9. The van der Waals surface area contributed by atoms with Gasteiger partial charge in [-0.05, 0) is 49.1 Å². The number of benzene rings is 1. The molecule has 19 heavy (non-hydrogen) atoms. The summed E-state index contributed by atoms with van der Waals surface area (Å²) in [4.78, 5) is 11.9. The molecular formula is C16H20O3. The molecule has 1 aromatic rings. The molecule has 0 aliphatic heterocycles. The van der Waals surface area contributed by atoms with Crippen LogP contribution in [0.2, 0.25) is 0 Å². The first-order valence-electron chi connectivity index (χ1n) is 7.12. The van der Waals surface area contributed by atoms with E-state index >= 15 is 0 Å². The van der Waals surface area contributed by atoms with Crippen LogP contribution in [0.15, 0.2) is 24.3 Å². The molecule has 1 unspecified atom stereocenters. The van der Waals surface area contributed by atoms with Gasteiger partial charge in [-0.2, -0.15) is 0 Å². The molecule has 2 aliphatic carbocycles. The smallest absolute Gasteiger partial charge is 0.316 e. The van der Waals surface area contributed by atoms with Crippen LogP contribution in [0.4, 0.5) is 0 Å². The van der Waals surface area contributed by atoms with E-state index in [1.165, 1.54) is 18.4 Å². The number of hydrogen-bond donors (Lipinski definition) is 1. The highest BCUT2D eigenvalue weighted by Gasteiger charge is 2.44. The third-order valence-electron chi connectivity index (χ3n) is 4.39. The van der Waals surface area contributed by atoms with Crippen LogP contribution in [0, 0.1) is 5.92 Å². The Balaban J connectivity index is 1.85. The summed E-state index contributed by atoms with van der Waals surface area (Å²) in [7, 11) is 0. The van der Waals surface area contributed by atoms with E-state index in [1.807, 2.05) is 24.3 Å². The Kier molecular flexibility index (Phi) is 3.31. The first-order chi connectivity index (χ1) is 9.22. The Morgan fingerprint density at radius 2 is 2.16 bits per heavy atom. The minimum absolute atomic E-state index is 0.315. The van der Waals surface area contributed by atoms with Crippen LogP contribution < -0.4 is 0 Å². The van der Waals surface area contributed by atoms with Crippen molar-refractivity contribution in [1.29, 1.82) is 0 Å². The van der Waals surface area contributed by atoms with E-state index in [-0.39, 0.29) is 0 Å². The van der Waals surface area contributed by atoms with Crippen molar-refractivity contribution in [2.45, 2.75) is 37.5 Å². The van der Waals surface area contributed by atoms with Crippen molar-refractivity contribution in [2.24, 2.45) is 5.92 Å². The number of fused-ring (bicyclic) bond motifs is 1. The number of carboxylic acid groups (broad SMARTS) is 1. The monoisotopic (exact) mass is 260 g/mol. The zero-order chi connectivity index (χ0) is 13.3.